The van der Waals surface area contributed by atoms with Crippen LogP contribution in [0.1, 0.15) is 33.9 Å². The maximum atomic E-state index is 13.1. The molecule has 1 fully saturated rings. The van der Waals surface area contributed by atoms with Crippen LogP contribution in [0.15, 0.2) is 79.0 Å². The number of fused-ring (bicyclic) bond motifs is 1. The Morgan fingerprint density at radius 2 is 1.65 bits per heavy atom. The van der Waals surface area contributed by atoms with Gasteiger partial charge in [0.1, 0.15) is 12.6 Å². The summed E-state index contributed by atoms with van der Waals surface area (Å²) < 4.78 is 7.38. The molecule has 34 heavy (non-hydrogen) atoms. The van der Waals surface area contributed by atoms with Crippen LogP contribution in [0.2, 0.25) is 0 Å². The Morgan fingerprint density at radius 1 is 0.971 bits per heavy atom. The molecule has 0 aliphatic carbocycles. The molecular weight excluding hydrogens is 424 g/mol. The van der Waals surface area contributed by atoms with E-state index < -0.39 is 18.0 Å². The second-order valence-electron chi connectivity index (χ2n) is 8.76. The van der Waals surface area contributed by atoms with Crippen molar-refractivity contribution in [3.8, 4) is 5.69 Å². The molecule has 5 rings (SSSR count). The number of imide groups is 1. The van der Waals surface area contributed by atoms with Crippen molar-refractivity contribution in [1.82, 2.24) is 9.47 Å². The highest BCUT2D eigenvalue weighted by atomic mass is 16.6. The predicted octanol–water partition coefficient (Wildman–Crippen LogP) is 6.29. The van der Waals surface area contributed by atoms with Crippen molar-refractivity contribution < 1.29 is 14.3 Å². The van der Waals surface area contributed by atoms with E-state index in [-0.39, 0.29) is 6.61 Å². The predicted molar refractivity (Wildman–Crippen MR) is 134 cm³/mol. The van der Waals surface area contributed by atoms with Gasteiger partial charge in [-0.3, -0.25) is 4.79 Å². The Balaban J connectivity index is 1.52. The Kier molecular flexibility index (Phi) is 5.54. The van der Waals surface area contributed by atoms with E-state index in [1.807, 2.05) is 48.5 Å². The van der Waals surface area contributed by atoms with Gasteiger partial charge in [0.05, 0.1) is 11.2 Å². The van der Waals surface area contributed by atoms with Crippen LogP contribution >= 0.6 is 0 Å². The quantitative estimate of drug-likeness (QED) is 0.343. The summed E-state index contributed by atoms with van der Waals surface area (Å²) in [5.41, 5.74) is 7.59. The fraction of sp³-hybridized carbons (Fsp3) is 0.172. The molecule has 170 valence electrons. The molecule has 2 heterocycles. The number of ether oxygens (including phenoxy) is 1. The Hall–Kier alpha value is -4.12. The van der Waals surface area contributed by atoms with E-state index in [1.54, 1.807) is 6.08 Å². The lowest BCUT2D eigenvalue weighted by Gasteiger charge is -2.18. The maximum absolute atomic E-state index is 13.1. The molecule has 0 bridgehead atoms. The minimum Gasteiger partial charge on any atom is -0.446 e. The Bertz CT molecular complexity index is 1410. The molecule has 2 amide bonds. The molecule has 1 aliphatic heterocycles. The number of benzene rings is 3. The first-order valence-electron chi connectivity index (χ1n) is 11.4. The molecule has 1 aromatic heterocycles. The molecule has 4 aromatic rings. The van der Waals surface area contributed by atoms with Crippen molar-refractivity contribution in [2.75, 3.05) is 6.61 Å². The van der Waals surface area contributed by atoms with Gasteiger partial charge in [-0.15, -0.1) is 0 Å². The zero-order valence-electron chi connectivity index (χ0n) is 19.5. The number of para-hydroxylation sites is 1. The number of nitrogens with zero attached hydrogens (tertiary/aromatic N) is 2. The minimum absolute atomic E-state index is 0.160. The SMILES string of the molecule is Cc1cc(C)c(-n2cc(/C=C/C(=O)N3C(=O)OC[C@H]3c3ccccc3)c3ccccc32)c(C)c1. The molecule has 1 saturated heterocycles. The van der Waals surface area contributed by atoms with E-state index in [0.29, 0.717) is 0 Å². The molecule has 0 radical (unpaired) electrons. The van der Waals surface area contributed by atoms with Crippen molar-refractivity contribution in [3.63, 3.8) is 0 Å². The van der Waals surface area contributed by atoms with Crippen LogP contribution in [0.4, 0.5) is 4.79 Å². The van der Waals surface area contributed by atoms with E-state index in [0.717, 1.165) is 27.7 Å². The van der Waals surface area contributed by atoms with Crippen LogP contribution in [0, 0.1) is 20.8 Å². The summed E-state index contributed by atoms with van der Waals surface area (Å²) in [6, 6.07) is 21.5. The molecule has 3 aromatic carbocycles. The zero-order valence-corrected chi connectivity index (χ0v) is 19.5. The number of hydrogen-bond acceptors (Lipinski definition) is 3. The number of rotatable bonds is 4. The van der Waals surface area contributed by atoms with Crippen LogP contribution in [-0.4, -0.2) is 28.1 Å². The normalized spacial score (nSPS) is 15.9. The molecule has 0 spiro atoms. The number of carbonyl (C=O) groups is 2. The summed E-state index contributed by atoms with van der Waals surface area (Å²) in [6.07, 6.45) is 4.68. The molecule has 1 aliphatic rings. The summed E-state index contributed by atoms with van der Waals surface area (Å²) in [5.74, 6) is -0.393. The van der Waals surface area contributed by atoms with Crippen LogP contribution in [0.3, 0.4) is 0 Å². The van der Waals surface area contributed by atoms with Crippen LogP contribution in [0.5, 0.6) is 0 Å². The van der Waals surface area contributed by atoms with E-state index >= 15 is 0 Å². The number of aryl methyl sites for hydroxylation is 3. The number of aromatic nitrogens is 1. The lowest BCUT2D eigenvalue weighted by molar-refractivity contribution is -0.124. The largest absolute Gasteiger partial charge is 0.446 e. The molecule has 5 heteroatoms. The lowest BCUT2D eigenvalue weighted by Crippen LogP contribution is -2.32. The fourth-order valence-electron chi connectivity index (χ4n) is 4.90. The first-order chi connectivity index (χ1) is 16.4. The average molecular weight is 451 g/mol. The molecule has 0 N–H and O–H groups in total. The Labute approximate surface area is 198 Å². The third-order valence-electron chi connectivity index (χ3n) is 6.32. The van der Waals surface area contributed by atoms with Gasteiger partial charge in [-0.2, -0.15) is 0 Å². The van der Waals surface area contributed by atoms with Crippen LogP contribution < -0.4 is 0 Å². The van der Waals surface area contributed by atoms with E-state index in [4.69, 9.17) is 4.74 Å². The average Bonchev–Trinajstić information content (AvgIpc) is 3.38. The van der Waals surface area contributed by atoms with Gasteiger partial charge >= 0.3 is 6.09 Å². The van der Waals surface area contributed by atoms with Crippen LogP contribution in [0.25, 0.3) is 22.7 Å². The van der Waals surface area contributed by atoms with E-state index in [2.05, 4.69) is 49.7 Å². The standard InChI is InChI=1S/C29H26N2O3/c1-19-15-20(2)28(21(3)16-19)30-17-23(24-11-7-8-12-25(24)30)13-14-27(32)31-26(18-34-29(31)33)22-9-5-4-6-10-22/h4-17,26H,18H2,1-3H3/b14-13+/t26-/m0/s1. The summed E-state index contributed by atoms with van der Waals surface area (Å²) in [4.78, 5) is 26.7. The van der Waals surface area contributed by atoms with Gasteiger partial charge in [0.15, 0.2) is 0 Å². The third kappa shape index (κ3) is 3.79. The highest BCUT2D eigenvalue weighted by Crippen LogP contribution is 2.31. The van der Waals surface area contributed by atoms with Crippen molar-refractivity contribution in [1.29, 1.82) is 0 Å². The third-order valence-corrected chi connectivity index (χ3v) is 6.32. The second kappa shape index (κ2) is 8.67. The van der Waals surface area contributed by atoms with Crippen molar-refractivity contribution >= 4 is 29.0 Å². The maximum Gasteiger partial charge on any atom is 0.417 e. The van der Waals surface area contributed by atoms with E-state index in [1.165, 1.54) is 27.7 Å². The summed E-state index contributed by atoms with van der Waals surface area (Å²) in [7, 11) is 0. The highest BCUT2D eigenvalue weighted by Gasteiger charge is 2.37. The first kappa shape index (κ1) is 21.7. The number of hydrogen-bond donors (Lipinski definition) is 0. The molecule has 1 atom stereocenters. The Morgan fingerprint density at radius 3 is 2.38 bits per heavy atom. The first-order valence-corrected chi connectivity index (χ1v) is 11.4. The van der Waals surface area contributed by atoms with E-state index in [9.17, 15) is 9.59 Å². The van der Waals surface area contributed by atoms with Crippen molar-refractivity contribution in [2.45, 2.75) is 26.8 Å². The molecular formula is C29H26N2O3. The second-order valence-corrected chi connectivity index (χ2v) is 8.76. The molecule has 5 nitrogen and oxygen atoms in total. The smallest absolute Gasteiger partial charge is 0.417 e. The van der Waals surface area contributed by atoms with Gasteiger partial charge in [-0.05, 0) is 49.6 Å². The van der Waals surface area contributed by atoms with Gasteiger partial charge in [0.25, 0.3) is 5.91 Å². The van der Waals surface area contributed by atoms with Crippen molar-refractivity contribution in [2.24, 2.45) is 0 Å². The monoisotopic (exact) mass is 450 g/mol. The zero-order chi connectivity index (χ0) is 23.8. The topological polar surface area (TPSA) is 51.5 Å². The summed E-state index contributed by atoms with van der Waals surface area (Å²) >= 11 is 0. The van der Waals surface area contributed by atoms with Gasteiger partial charge in [-0.25, -0.2) is 9.69 Å². The minimum atomic E-state index is -0.614. The van der Waals surface area contributed by atoms with Gasteiger partial charge in [0, 0.05) is 23.2 Å². The number of amides is 2. The summed E-state index contributed by atoms with van der Waals surface area (Å²) in [5, 5.41) is 1.04. The van der Waals surface area contributed by atoms with Crippen LogP contribution in [-0.2, 0) is 9.53 Å². The van der Waals surface area contributed by atoms with Gasteiger partial charge < -0.3 is 9.30 Å². The summed E-state index contributed by atoms with van der Waals surface area (Å²) in [6.45, 7) is 6.49. The van der Waals surface area contributed by atoms with Gasteiger partial charge in [0.2, 0.25) is 0 Å². The lowest BCUT2D eigenvalue weighted by atomic mass is 10.0. The van der Waals surface area contributed by atoms with Crippen molar-refractivity contribution in [3.05, 3.63) is 107 Å². The van der Waals surface area contributed by atoms with Gasteiger partial charge in [-0.1, -0.05) is 66.2 Å². The molecule has 0 unspecified atom stereocenters. The number of cyclic esters (lactones) is 1. The highest BCUT2D eigenvalue weighted by molar-refractivity contribution is 6.03. The fourth-order valence-corrected chi connectivity index (χ4v) is 4.90. The molecule has 0 saturated carbocycles. The number of carbonyl (C=O) groups excluding carboxylic acids is 2.